The summed E-state index contributed by atoms with van der Waals surface area (Å²) >= 11 is 0. The van der Waals surface area contributed by atoms with E-state index in [1.807, 2.05) is 19.1 Å². The molecule has 0 atom stereocenters. The fraction of sp³-hybridized carbons (Fsp3) is 0.269. The van der Waals surface area contributed by atoms with Crippen LogP contribution in [-0.4, -0.2) is 19.2 Å². The van der Waals surface area contributed by atoms with Gasteiger partial charge < -0.3 is 14.5 Å². The number of esters is 1. The molecule has 0 amide bonds. The monoisotopic (exact) mass is 398 g/mol. The van der Waals surface area contributed by atoms with Gasteiger partial charge in [0, 0.05) is 24.5 Å². The molecule has 5 rings (SSSR count). The summed E-state index contributed by atoms with van der Waals surface area (Å²) in [6.07, 6.45) is 0. The highest BCUT2D eigenvalue weighted by molar-refractivity contribution is 5.98. The number of fused-ring (bicyclic) bond motifs is 6. The van der Waals surface area contributed by atoms with Crippen LogP contribution in [0.25, 0.3) is 11.1 Å². The number of hydrogen-bond acceptors (Lipinski definition) is 4. The molecule has 0 aromatic heterocycles. The normalized spacial score (nSPS) is 14.2. The Kier molecular flexibility index (Phi) is 4.50. The van der Waals surface area contributed by atoms with Gasteiger partial charge in [-0.05, 0) is 72.9 Å². The maximum Gasteiger partial charge on any atom is 0.338 e. The maximum atomic E-state index is 12.6. The van der Waals surface area contributed by atoms with Gasteiger partial charge in [0.05, 0.1) is 18.8 Å². The van der Waals surface area contributed by atoms with Crippen molar-refractivity contribution < 1.29 is 9.53 Å². The fourth-order valence-electron chi connectivity index (χ4n) is 4.80. The largest absolute Gasteiger partial charge is 0.462 e. The van der Waals surface area contributed by atoms with Gasteiger partial charge in [0.1, 0.15) is 0 Å². The van der Waals surface area contributed by atoms with E-state index >= 15 is 0 Å². The number of carbonyl (C=O) groups excluding carboxylic acids is 1. The second-order valence-electron chi connectivity index (χ2n) is 8.23. The average molecular weight is 399 g/mol. The summed E-state index contributed by atoms with van der Waals surface area (Å²) in [5, 5.41) is 0. The molecule has 152 valence electrons. The lowest BCUT2D eigenvalue weighted by molar-refractivity contribution is 0.0527. The molecule has 0 radical (unpaired) electrons. The standard InChI is InChI=1S/C26H26N2O2/c1-4-30-26(29)22-7-5-6-18(3)25(22)19-9-11-24-21(13-19)15-28-16-27(24)14-20-12-17(2)8-10-23(20)28/h5-13H,4,14-16H2,1-3H3. The van der Waals surface area contributed by atoms with Gasteiger partial charge in [-0.3, -0.25) is 0 Å². The molecule has 4 nitrogen and oxygen atoms in total. The summed E-state index contributed by atoms with van der Waals surface area (Å²) in [5.74, 6) is -0.261. The third kappa shape index (κ3) is 3.04. The third-order valence-electron chi connectivity index (χ3n) is 6.12. The molecule has 0 aliphatic carbocycles. The Balaban J connectivity index is 1.57. The Bertz CT molecular complexity index is 1150. The first kappa shape index (κ1) is 18.7. The van der Waals surface area contributed by atoms with Crippen molar-refractivity contribution in [2.75, 3.05) is 23.1 Å². The summed E-state index contributed by atoms with van der Waals surface area (Å²) in [4.78, 5) is 17.4. The molecular formula is C26H26N2O2. The van der Waals surface area contributed by atoms with Crippen molar-refractivity contribution in [2.45, 2.75) is 33.9 Å². The number of ether oxygens (including phenoxy) is 1. The maximum absolute atomic E-state index is 12.6. The fourth-order valence-corrected chi connectivity index (χ4v) is 4.80. The Morgan fingerprint density at radius 1 is 0.933 bits per heavy atom. The number of carbonyl (C=O) groups is 1. The minimum Gasteiger partial charge on any atom is -0.462 e. The van der Waals surface area contributed by atoms with Crippen LogP contribution in [0.1, 0.15) is 39.5 Å². The zero-order valence-electron chi connectivity index (χ0n) is 17.7. The lowest BCUT2D eigenvalue weighted by Crippen LogP contribution is -2.46. The lowest BCUT2D eigenvalue weighted by Gasteiger charge is -2.45. The Hall–Kier alpha value is -3.27. The SMILES string of the molecule is CCOC(=O)c1cccc(C)c1-c1ccc2c(c1)CN1CN2Cc2cc(C)ccc21. The minimum absolute atomic E-state index is 0.261. The number of benzene rings is 3. The van der Waals surface area contributed by atoms with E-state index < -0.39 is 0 Å². The van der Waals surface area contributed by atoms with Crippen molar-refractivity contribution >= 4 is 17.3 Å². The first-order valence-corrected chi connectivity index (χ1v) is 10.5. The van der Waals surface area contributed by atoms with Crippen molar-refractivity contribution in [3.05, 3.63) is 82.4 Å². The third-order valence-corrected chi connectivity index (χ3v) is 6.12. The zero-order chi connectivity index (χ0) is 20.8. The van der Waals surface area contributed by atoms with E-state index in [-0.39, 0.29) is 5.97 Å². The van der Waals surface area contributed by atoms with E-state index in [1.165, 1.54) is 28.1 Å². The highest BCUT2D eigenvalue weighted by Crippen LogP contribution is 2.40. The summed E-state index contributed by atoms with van der Waals surface area (Å²) < 4.78 is 5.31. The Labute approximate surface area is 177 Å². The predicted molar refractivity (Wildman–Crippen MR) is 121 cm³/mol. The van der Waals surface area contributed by atoms with E-state index in [0.717, 1.165) is 36.4 Å². The van der Waals surface area contributed by atoms with E-state index in [0.29, 0.717) is 12.2 Å². The summed E-state index contributed by atoms with van der Waals surface area (Å²) in [6.45, 7) is 9.14. The van der Waals surface area contributed by atoms with Crippen LogP contribution in [0.3, 0.4) is 0 Å². The number of anilines is 2. The van der Waals surface area contributed by atoms with Crippen molar-refractivity contribution in [1.82, 2.24) is 0 Å². The number of rotatable bonds is 3. The topological polar surface area (TPSA) is 32.8 Å². The first-order chi connectivity index (χ1) is 14.5. The molecule has 30 heavy (non-hydrogen) atoms. The molecular weight excluding hydrogens is 372 g/mol. The second kappa shape index (κ2) is 7.21. The second-order valence-corrected chi connectivity index (χ2v) is 8.23. The quantitative estimate of drug-likeness (QED) is 0.550. The van der Waals surface area contributed by atoms with E-state index in [4.69, 9.17) is 4.74 Å². The van der Waals surface area contributed by atoms with Gasteiger partial charge in [0.25, 0.3) is 0 Å². The van der Waals surface area contributed by atoms with Gasteiger partial charge in [-0.25, -0.2) is 4.79 Å². The molecule has 3 aromatic carbocycles. The van der Waals surface area contributed by atoms with Gasteiger partial charge >= 0.3 is 5.97 Å². The number of nitrogens with zero attached hydrogens (tertiary/aromatic N) is 2. The molecule has 2 aliphatic rings. The van der Waals surface area contributed by atoms with Gasteiger partial charge in [0.15, 0.2) is 0 Å². The van der Waals surface area contributed by atoms with Crippen molar-refractivity contribution in [3.8, 4) is 11.1 Å². The summed E-state index contributed by atoms with van der Waals surface area (Å²) in [7, 11) is 0. The van der Waals surface area contributed by atoms with Crippen LogP contribution in [0, 0.1) is 13.8 Å². The number of hydrogen-bond donors (Lipinski definition) is 0. The van der Waals surface area contributed by atoms with Crippen molar-refractivity contribution in [1.29, 1.82) is 0 Å². The molecule has 2 heterocycles. The van der Waals surface area contributed by atoms with Crippen LogP contribution < -0.4 is 9.80 Å². The zero-order valence-corrected chi connectivity index (χ0v) is 17.7. The van der Waals surface area contributed by atoms with E-state index in [2.05, 4.69) is 66.1 Å². The van der Waals surface area contributed by atoms with Gasteiger partial charge in [0.2, 0.25) is 0 Å². The van der Waals surface area contributed by atoms with Gasteiger partial charge in [-0.1, -0.05) is 35.9 Å². The van der Waals surface area contributed by atoms with Crippen LogP contribution in [0.5, 0.6) is 0 Å². The van der Waals surface area contributed by atoms with Crippen molar-refractivity contribution in [2.24, 2.45) is 0 Å². The van der Waals surface area contributed by atoms with Gasteiger partial charge in [-0.2, -0.15) is 0 Å². The molecule has 4 heteroatoms. The summed E-state index contributed by atoms with van der Waals surface area (Å²) in [5.41, 5.74) is 10.4. The molecule has 0 saturated carbocycles. The molecule has 0 fully saturated rings. The number of aryl methyl sites for hydroxylation is 2. The van der Waals surface area contributed by atoms with Crippen LogP contribution in [-0.2, 0) is 17.8 Å². The van der Waals surface area contributed by atoms with Crippen LogP contribution in [0.15, 0.2) is 54.6 Å². The minimum atomic E-state index is -0.261. The van der Waals surface area contributed by atoms with Crippen LogP contribution in [0.4, 0.5) is 11.4 Å². The lowest BCUT2D eigenvalue weighted by atomic mass is 9.92. The molecule has 2 aliphatic heterocycles. The Morgan fingerprint density at radius 2 is 1.63 bits per heavy atom. The Morgan fingerprint density at radius 3 is 2.37 bits per heavy atom. The predicted octanol–water partition coefficient (Wildman–Crippen LogP) is 5.44. The highest BCUT2D eigenvalue weighted by atomic mass is 16.5. The van der Waals surface area contributed by atoms with Crippen molar-refractivity contribution in [3.63, 3.8) is 0 Å². The molecule has 0 N–H and O–H groups in total. The van der Waals surface area contributed by atoms with Crippen LogP contribution in [0.2, 0.25) is 0 Å². The van der Waals surface area contributed by atoms with E-state index in [1.54, 1.807) is 0 Å². The van der Waals surface area contributed by atoms with Crippen LogP contribution >= 0.6 is 0 Å². The average Bonchev–Trinajstić information content (AvgIpc) is 2.73. The summed E-state index contributed by atoms with van der Waals surface area (Å²) in [6, 6.07) is 19.2. The van der Waals surface area contributed by atoms with Gasteiger partial charge in [-0.15, -0.1) is 0 Å². The molecule has 0 saturated heterocycles. The van der Waals surface area contributed by atoms with E-state index in [9.17, 15) is 4.79 Å². The first-order valence-electron chi connectivity index (χ1n) is 10.5. The molecule has 0 unspecified atom stereocenters. The smallest absolute Gasteiger partial charge is 0.338 e. The molecule has 0 spiro atoms. The highest BCUT2D eigenvalue weighted by Gasteiger charge is 2.29. The molecule has 2 bridgehead atoms. The molecule has 3 aromatic rings.